The van der Waals surface area contributed by atoms with Crippen LogP contribution in [0.25, 0.3) is 0 Å². The zero-order valence-corrected chi connectivity index (χ0v) is 12.9. The molecule has 0 amide bonds. The van der Waals surface area contributed by atoms with E-state index >= 15 is 0 Å². The van der Waals surface area contributed by atoms with Gasteiger partial charge in [0.05, 0.1) is 4.90 Å². The van der Waals surface area contributed by atoms with Crippen LogP contribution < -0.4 is 4.72 Å². The Balaban J connectivity index is 2.85. The van der Waals surface area contributed by atoms with Crippen molar-refractivity contribution in [2.24, 2.45) is 0 Å². The Hall–Kier alpha value is -1.20. The maximum absolute atomic E-state index is 12.1. The molecular weight excluding hydrogens is 298 g/mol. The van der Waals surface area contributed by atoms with Gasteiger partial charge < -0.3 is 5.11 Å². The van der Waals surface area contributed by atoms with Crippen LogP contribution in [0.4, 0.5) is 0 Å². The standard InChI is InChI=1S/C13H17NO4S2/c1-11(10-19(2)16)14-20(17,18)13-7-5-12(6-8-13)4-3-9-15/h5-8,11,14-15H,9-10H2,1-2H3. The molecule has 1 aromatic rings. The zero-order valence-electron chi connectivity index (χ0n) is 11.3. The first-order valence-electron chi connectivity index (χ1n) is 5.87. The molecule has 0 fully saturated rings. The minimum atomic E-state index is -3.62. The van der Waals surface area contributed by atoms with Crippen molar-refractivity contribution in [2.45, 2.75) is 17.9 Å². The maximum atomic E-state index is 12.1. The molecule has 0 aliphatic heterocycles. The molecule has 0 saturated carbocycles. The first-order chi connectivity index (χ1) is 9.35. The summed E-state index contributed by atoms with van der Waals surface area (Å²) in [6, 6.07) is 5.62. The van der Waals surface area contributed by atoms with E-state index in [0.29, 0.717) is 5.56 Å². The monoisotopic (exact) mass is 315 g/mol. The van der Waals surface area contributed by atoms with Gasteiger partial charge in [-0.15, -0.1) is 0 Å². The summed E-state index contributed by atoms with van der Waals surface area (Å²) in [4.78, 5) is 0.126. The molecule has 7 heteroatoms. The Morgan fingerprint density at radius 3 is 2.45 bits per heavy atom. The molecule has 0 spiro atoms. The lowest BCUT2D eigenvalue weighted by Gasteiger charge is -2.12. The predicted octanol–water partition coefficient (Wildman–Crippen LogP) is 0.0757. The normalized spacial score (nSPS) is 14.2. The summed E-state index contributed by atoms with van der Waals surface area (Å²) >= 11 is 0. The fourth-order valence-corrected chi connectivity index (χ4v) is 3.71. The fraction of sp³-hybridized carbons (Fsp3) is 0.385. The van der Waals surface area contributed by atoms with Crippen molar-refractivity contribution >= 4 is 20.8 Å². The number of aliphatic hydroxyl groups excluding tert-OH is 1. The van der Waals surface area contributed by atoms with Crippen molar-refractivity contribution in [2.75, 3.05) is 18.6 Å². The third-order valence-corrected chi connectivity index (χ3v) is 4.89. The Morgan fingerprint density at radius 1 is 1.35 bits per heavy atom. The van der Waals surface area contributed by atoms with Gasteiger partial charge in [-0.25, -0.2) is 13.1 Å². The highest BCUT2D eigenvalue weighted by Crippen LogP contribution is 2.10. The van der Waals surface area contributed by atoms with Gasteiger partial charge in [0, 0.05) is 34.4 Å². The first kappa shape index (κ1) is 16.9. The Morgan fingerprint density at radius 2 is 1.95 bits per heavy atom. The fourth-order valence-electron chi connectivity index (χ4n) is 1.58. The molecule has 0 heterocycles. The smallest absolute Gasteiger partial charge is 0.240 e. The second kappa shape index (κ2) is 7.55. The van der Waals surface area contributed by atoms with Crippen LogP contribution in [0.2, 0.25) is 0 Å². The number of nitrogens with one attached hydrogen (secondary N) is 1. The molecule has 2 unspecified atom stereocenters. The Kier molecular flexibility index (Phi) is 6.36. The molecule has 0 aromatic heterocycles. The molecule has 0 aliphatic carbocycles. The lowest BCUT2D eigenvalue weighted by Crippen LogP contribution is -2.36. The van der Waals surface area contributed by atoms with Crippen molar-refractivity contribution in [3.8, 4) is 11.8 Å². The van der Waals surface area contributed by atoms with E-state index in [1.807, 2.05) is 0 Å². The van der Waals surface area contributed by atoms with Crippen molar-refractivity contribution in [3.05, 3.63) is 29.8 Å². The van der Waals surface area contributed by atoms with Crippen molar-refractivity contribution in [1.82, 2.24) is 4.72 Å². The van der Waals surface area contributed by atoms with E-state index < -0.39 is 26.9 Å². The molecule has 20 heavy (non-hydrogen) atoms. The second-order valence-corrected chi connectivity index (χ2v) is 7.44. The van der Waals surface area contributed by atoms with E-state index in [1.165, 1.54) is 18.4 Å². The third kappa shape index (κ3) is 5.43. The quantitative estimate of drug-likeness (QED) is 0.754. The summed E-state index contributed by atoms with van der Waals surface area (Å²) in [7, 11) is -4.69. The molecule has 5 nitrogen and oxygen atoms in total. The number of rotatable bonds is 5. The lowest BCUT2D eigenvalue weighted by atomic mass is 10.2. The average molecular weight is 315 g/mol. The summed E-state index contributed by atoms with van der Waals surface area (Å²) in [5, 5.41) is 8.58. The van der Waals surface area contributed by atoms with Gasteiger partial charge in [0.2, 0.25) is 10.0 Å². The highest BCUT2D eigenvalue weighted by atomic mass is 32.2. The molecule has 110 valence electrons. The second-order valence-electron chi connectivity index (χ2n) is 4.25. The maximum Gasteiger partial charge on any atom is 0.240 e. The number of hydrogen-bond donors (Lipinski definition) is 2. The van der Waals surface area contributed by atoms with Crippen LogP contribution in [0.3, 0.4) is 0 Å². The third-order valence-electron chi connectivity index (χ3n) is 2.32. The summed E-state index contributed by atoms with van der Waals surface area (Å²) in [6.45, 7) is 1.42. The minimum Gasteiger partial charge on any atom is -0.384 e. The van der Waals surface area contributed by atoms with E-state index in [2.05, 4.69) is 16.6 Å². The van der Waals surface area contributed by atoms with Gasteiger partial charge in [0.25, 0.3) is 0 Å². The molecule has 0 saturated heterocycles. The molecule has 2 atom stereocenters. The van der Waals surface area contributed by atoms with E-state index in [0.717, 1.165) is 0 Å². The van der Waals surface area contributed by atoms with Crippen LogP contribution in [0.15, 0.2) is 29.2 Å². The SMILES string of the molecule is CC(CS(C)=O)NS(=O)(=O)c1ccc(C#CCO)cc1. The van der Waals surface area contributed by atoms with Gasteiger partial charge >= 0.3 is 0 Å². The Bertz CT molecular complexity index is 627. The molecule has 1 aromatic carbocycles. The summed E-state index contributed by atoms with van der Waals surface area (Å²) in [5.74, 6) is 5.43. The van der Waals surface area contributed by atoms with Crippen LogP contribution in [0.1, 0.15) is 12.5 Å². The molecule has 0 bridgehead atoms. The van der Waals surface area contributed by atoms with Crippen LogP contribution in [-0.2, 0) is 20.8 Å². The van der Waals surface area contributed by atoms with Gasteiger partial charge in [0.1, 0.15) is 6.61 Å². The molecule has 2 N–H and O–H groups in total. The lowest BCUT2D eigenvalue weighted by molar-refractivity contribution is 0.350. The van der Waals surface area contributed by atoms with Crippen molar-refractivity contribution in [3.63, 3.8) is 0 Å². The summed E-state index contributed by atoms with van der Waals surface area (Å²) in [5.41, 5.74) is 0.626. The highest BCUT2D eigenvalue weighted by Gasteiger charge is 2.17. The van der Waals surface area contributed by atoms with Gasteiger partial charge in [-0.1, -0.05) is 11.8 Å². The van der Waals surface area contributed by atoms with Crippen LogP contribution in [0.5, 0.6) is 0 Å². The number of hydrogen-bond acceptors (Lipinski definition) is 4. The topological polar surface area (TPSA) is 83.5 Å². The van der Waals surface area contributed by atoms with Gasteiger partial charge in [-0.05, 0) is 31.2 Å². The minimum absolute atomic E-state index is 0.126. The molecule has 0 aliphatic rings. The van der Waals surface area contributed by atoms with Crippen LogP contribution in [-0.4, -0.2) is 42.4 Å². The van der Waals surface area contributed by atoms with E-state index in [1.54, 1.807) is 19.1 Å². The molecule has 1 rings (SSSR count). The zero-order chi connectivity index (χ0) is 15.2. The van der Waals surface area contributed by atoms with E-state index in [-0.39, 0.29) is 17.3 Å². The first-order valence-corrected chi connectivity index (χ1v) is 9.08. The average Bonchev–Trinajstić information content (AvgIpc) is 2.35. The Labute approximate surface area is 121 Å². The van der Waals surface area contributed by atoms with Gasteiger partial charge in [-0.3, -0.25) is 4.21 Å². The van der Waals surface area contributed by atoms with Crippen molar-refractivity contribution in [1.29, 1.82) is 0 Å². The number of benzene rings is 1. The summed E-state index contributed by atoms with van der Waals surface area (Å²) in [6.07, 6.45) is 1.53. The van der Waals surface area contributed by atoms with E-state index in [9.17, 15) is 12.6 Å². The van der Waals surface area contributed by atoms with E-state index in [4.69, 9.17) is 5.11 Å². The van der Waals surface area contributed by atoms with Gasteiger partial charge in [-0.2, -0.15) is 0 Å². The van der Waals surface area contributed by atoms with Crippen LogP contribution >= 0.6 is 0 Å². The van der Waals surface area contributed by atoms with Crippen LogP contribution in [0, 0.1) is 11.8 Å². The predicted molar refractivity (Wildman–Crippen MR) is 79.1 cm³/mol. The molecule has 0 radical (unpaired) electrons. The highest BCUT2D eigenvalue weighted by molar-refractivity contribution is 7.89. The number of aliphatic hydroxyl groups is 1. The summed E-state index contributed by atoms with van der Waals surface area (Å²) < 4.78 is 37.7. The number of sulfonamides is 1. The van der Waals surface area contributed by atoms with Gasteiger partial charge in [0.15, 0.2) is 0 Å². The largest absolute Gasteiger partial charge is 0.384 e. The molecular formula is C13H17NO4S2. The van der Waals surface area contributed by atoms with Crippen molar-refractivity contribution < 1.29 is 17.7 Å².